The Morgan fingerprint density at radius 1 is 1.20 bits per heavy atom. The molecule has 1 aliphatic heterocycles. The van der Waals surface area contributed by atoms with Gasteiger partial charge in [0.15, 0.2) is 11.5 Å². The van der Waals surface area contributed by atoms with Gasteiger partial charge in [-0.1, -0.05) is 5.92 Å². The second-order valence-electron chi connectivity index (χ2n) is 11.1. The van der Waals surface area contributed by atoms with Gasteiger partial charge in [-0.3, -0.25) is 10.1 Å². The van der Waals surface area contributed by atoms with Gasteiger partial charge in [0.2, 0.25) is 0 Å². The van der Waals surface area contributed by atoms with Crippen LogP contribution >= 0.6 is 0 Å². The number of amides is 2. The number of carboxylic acid groups (broad SMARTS) is 1. The topological polar surface area (TPSA) is 126 Å². The molecule has 10 nitrogen and oxygen atoms in total. The maximum Gasteiger partial charge on any atom is 0.417 e. The molecule has 0 radical (unpaired) electrons. The fourth-order valence-corrected chi connectivity index (χ4v) is 4.76. The molecule has 1 aromatic carbocycles. The lowest BCUT2D eigenvalue weighted by Gasteiger charge is -2.24. The van der Waals surface area contributed by atoms with E-state index in [1.165, 1.54) is 23.2 Å². The zero-order valence-electron chi connectivity index (χ0n) is 22.6. The van der Waals surface area contributed by atoms with Crippen molar-refractivity contribution in [1.82, 2.24) is 19.5 Å². The van der Waals surface area contributed by atoms with E-state index in [-0.39, 0.29) is 46.4 Å². The van der Waals surface area contributed by atoms with Crippen LogP contribution in [0.25, 0.3) is 5.65 Å². The van der Waals surface area contributed by atoms with Crippen molar-refractivity contribution in [2.24, 2.45) is 5.92 Å². The summed E-state index contributed by atoms with van der Waals surface area (Å²) in [4.78, 5) is 42.8. The van der Waals surface area contributed by atoms with E-state index in [0.29, 0.717) is 5.92 Å². The van der Waals surface area contributed by atoms with Gasteiger partial charge in [0, 0.05) is 24.3 Å². The first-order chi connectivity index (χ1) is 19.1. The SMILES string of the molecule is C[C@@H](C1CC1)N1Cc2cc(C#Cc3ccn4nc(NC(=O)OC(C)(C)C)c(C(=O)O)c4n3)cc(C(F)(F)F)c2C1=O. The van der Waals surface area contributed by atoms with E-state index in [4.69, 9.17) is 4.74 Å². The first kappa shape index (κ1) is 27.9. The highest BCUT2D eigenvalue weighted by Crippen LogP contribution is 2.42. The molecule has 1 fully saturated rings. The van der Waals surface area contributed by atoms with Crippen LogP contribution in [0.3, 0.4) is 0 Å². The van der Waals surface area contributed by atoms with Crippen LogP contribution < -0.4 is 5.32 Å². The summed E-state index contributed by atoms with van der Waals surface area (Å²) in [6.45, 7) is 6.85. The average molecular weight is 570 g/mol. The number of rotatable bonds is 4. The van der Waals surface area contributed by atoms with Gasteiger partial charge in [-0.15, -0.1) is 5.10 Å². The third-order valence-electron chi connectivity index (χ3n) is 6.79. The number of hydrogen-bond acceptors (Lipinski definition) is 6. The van der Waals surface area contributed by atoms with E-state index in [1.807, 2.05) is 6.92 Å². The molecule has 0 spiro atoms. The molecule has 13 heteroatoms. The highest BCUT2D eigenvalue weighted by molar-refractivity contribution is 6.03. The number of nitrogens with one attached hydrogen (secondary N) is 1. The number of carbonyl (C=O) groups is 3. The summed E-state index contributed by atoms with van der Waals surface area (Å²) in [5.74, 6) is 3.28. The normalized spacial score (nSPS) is 15.8. The van der Waals surface area contributed by atoms with Crippen LogP contribution in [0, 0.1) is 17.8 Å². The first-order valence-corrected chi connectivity index (χ1v) is 12.8. The van der Waals surface area contributed by atoms with Crippen LogP contribution in [0.15, 0.2) is 24.4 Å². The van der Waals surface area contributed by atoms with Gasteiger partial charge in [0.25, 0.3) is 5.91 Å². The molecule has 0 saturated heterocycles. The van der Waals surface area contributed by atoms with E-state index < -0.39 is 40.9 Å². The Bertz CT molecular complexity index is 1660. The van der Waals surface area contributed by atoms with Crippen molar-refractivity contribution in [3.05, 3.63) is 57.9 Å². The highest BCUT2D eigenvalue weighted by Gasteiger charge is 2.44. The number of carboxylic acids is 1. The average Bonchev–Trinajstić information content (AvgIpc) is 3.57. The van der Waals surface area contributed by atoms with Crippen molar-refractivity contribution < 1.29 is 37.4 Å². The summed E-state index contributed by atoms with van der Waals surface area (Å²) in [6.07, 6.45) is -2.43. The van der Waals surface area contributed by atoms with Gasteiger partial charge in [0.05, 0.1) is 11.1 Å². The first-order valence-electron chi connectivity index (χ1n) is 12.8. The molecule has 214 valence electrons. The summed E-state index contributed by atoms with van der Waals surface area (Å²) in [6, 6.07) is 3.56. The minimum absolute atomic E-state index is 0.0331. The maximum atomic E-state index is 14.0. The molecule has 41 heavy (non-hydrogen) atoms. The monoisotopic (exact) mass is 569 g/mol. The molecule has 5 rings (SSSR count). The number of ether oxygens (including phenoxy) is 1. The van der Waals surface area contributed by atoms with Crippen LogP contribution in [0.5, 0.6) is 0 Å². The lowest BCUT2D eigenvalue weighted by Crippen LogP contribution is -2.35. The minimum Gasteiger partial charge on any atom is -0.477 e. The molecule has 2 aliphatic rings. The number of alkyl halides is 3. The largest absolute Gasteiger partial charge is 0.477 e. The fourth-order valence-electron chi connectivity index (χ4n) is 4.76. The van der Waals surface area contributed by atoms with E-state index in [2.05, 4.69) is 27.2 Å². The Kier molecular flexibility index (Phi) is 6.68. The number of aromatic carboxylic acids is 1. The molecule has 2 aromatic heterocycles. The summed E-state index contributed by atoms with van der Waals surface area (Å²) >= 11 is 0. The minimum atomic E-state index is -4.76. The fraction of sp³-hybridized carbons (Fsp3) is 0.393. The highest BCUT2D eigenvalue weighted by atomic mass is 19.4. The van der Waals surface area contributed by atoms with Gasteiger partial charge in [-0.2, -0.15) is 13.2 Å². The number of fused-ring (bicyclic) bond motifs is 2. The lowest BCUT2D eigenvalue weighted by molar-refractivity contribution is -0.138. The third kappa shape index (κ3) is 5.68. The second kappa shape index (κ2) is 9.79. The van der Waals surface area contributed by atoms with Crippen LogP contribution in [0.4, 0.5) is 23.8 Å². The van der Waals surface area contributed by atoms with Crippen LogP contribution in [-0.4, -0.2) is 54.2 Å². The van der Waals surface area contributed by atoms with E-state index in [9.17, 15) is 32.7 Å². The maximum absolute atomic E-state index is 14.0. The number of hydrogen-bond donors (Lipinski definition) is 2. The summed E-state index contributed by atoms with van der Waals surface area (Å²) in [5.41, 5.74) is -2.44. The quantitative estimate of drug-likeness (QED) is 0.426. The predicted octanol–water partition coefficient (Wildman–Crippen LogP) is 4.95. The Labute approximate surface area is 232 Å². The molecule has 2 amide bonds. The molecule has 3 heterocycles. The zero-order chi connectivity index (χ0) is 29.9. The Morgan fingerprint density at radius 3 is 2.51 bits per heavy atom. The van der Waals surface area contributed by atoms with Crippen molar-refractivity contribution in [1.29, 1.82) is 0 Å². The Balaban J connectivity index is 1.49. The summed E-state index contributed by atoms with van der Waals surface area (Å²) < 4.78 is 48.3. The Morgan fingerprint density at radius 2 is 1.90 bits per heavy atom. The summed E-state index contributed by atoms with van der Waals surface area (Å²) in [5, 5.41) is 16.1. The van der Waals surface area contributed by atoms with Crippen LogP contribution in [0.1, 0.15) is 83.6 Å². The van der Waals surface area contributed by atoms with Crippen molar-refractivity contribution in [3.63, 3.8) is 0 Å². The standard InChI is InChI=1S/C28H26F3N5O5/c1-14(16-6-7-16)35-13-17-11-15(12-19(28(29,30)31)20(17)24(35)37)5-8-18-9-10-36-23(32-18)21(25(38)39)22(34-36)33-26(40)41-27(2,3)4/h9-12,14,16H,6-7,13H2,1-4H3,(H,38,39)(H,33,34,40)/t14-/m0/s1. The number of carbonyl (C=O) groups excluding carboxylic acids is 2. The molecule has 1 aliphatic carbocycles. The smallest absolute Gasteiger partial charge is 0.417 e. The third-order valence-corrected chi connectivity index (χ3v) is 6.79. The predicted molar refractivity (Wildman–Crippen MR) is 139 cm³/mol. The summed E-state index contributed by atoms with van der Waals surface area (Å²) in [7, 11) is 0. The molecule has 0 unspecified atom stereocenters. The van der Waals surface area contributed by atoms with E-state index in [1.54, 1.807) is 20.8 Å². The molecule has 2 N–H and O–H groups in total. The van der Waals surface area contributed by atoms with Gasteiger partial charge >= 0.3 is 18.2 Å². The zero-order valence-corrected chi connectivity index (χ0v) is 22.6. The molecule has 3 aromatic rings. The molecule has 1 atom stereocenters. The van der Waals surface area contributed by atoms with Crippen LogP contribution in [0.2, 0.25) is 0 Å². The van der Waals surface area contributed by atoms with Crippen molar-refractivity contribution in [3.8, 4) is 11.8 Å². The number of aromatic nitrogens is 3. The van der Waals surface area contributed by atoms with Crippen molar-refractivity contribution >= 4 is 29.4 Å². The number of nitrogens with zero attached hydrogens (tertiary/aromatic N) is 4. The second-order valence-corrected chi connectivity index (χ2v) is 11.1. The van der Waals surface area contributed by atoms with Gasteiger partial charge in [0.1, 0.15) is 16.9 Å². The van der Waals surface area contributed by atoms with Gasteiger partial charge < -0.3 is 14.7 Å². The van der Waals surface area contributed by atoms with Crippen LogP contribution in [-0.2, 0) is 17.5 Å². The van der Waals surface area contributed by atoms with E-state index >= 15 is 0 Å². The number of halogens is 3. The molecular formula is C28H26F3N5O5. The molecule has 1 saturated carbocycles. The number of benzene rings is 1. The number of anilines is 1. The van der Waals surface area contributed by atoms with E-state index in [0.717, 1.165) is 23.4 Å². The molecular weight excluding hydrogens is 543 g/mol. The lowest BCUT2D eigenvalue weighted by atomic mass is 9.99. The van der Waals surface area contributed by atoms with Crippen molar-refractivity contribution in [2.75, 3.05) is 5.32 Å². The van der Waals surface area contributed by atoms with Gasteiger partial charge in [-0.05, 0) is 76.1 Å². The molecule has 0 bridgehead atoms. The van der Waals surface area contributed by atoms with Crippen molar-refractivity contribution in [2.45, 2.75) is 64.9 Å². The van der Waals surface area contributed by atoms with Gasteiger partial charge in [-0.25, -0.2) is 19.1 Å². The Hall–Kier alpha value is -4.60.